The molecular weight excluding hydrogens is 276 g/mol. The molecule has 0 aromatic heterocycles. The van der Waals surface area contributed by atoms with E-state index in [0.29, 0.717) is 12.4 Å². The van der Waals surface area contributed by atoms with Crippen LogP contribution in [0, 0.1) is 0 Å². The summed E-state index contributed by atoms with van der Waals surface area (Å²) in [5.41, 5.74) is 2.04. The monoisotopic (exact) mass is 304 g/mol. The summed E-state index contributed by atoms with van der Waals surface area (Å²) in [6, 6.07) is 5.82. The first-order valence-corrected chi connectivity index (χ1v) is 7.56. The van der Waals surface area contributed by atoms with Crippen molar-refractivity contribution in [2.75, 3.05) is 14.2 Å². The maximum Gasteiger partial charge on any atom is 0.161 e. The molecule has 0 saturated carbocycles. The van der Waals surface area contributed by atoms with Gasteiger partial charge < -0.3 is 14.2 Å². The fourth-order valence-electron chi connectivity index (χ4n) is 2.10. The Morgan fingerprint density at radius 3 is 2.41 bits per heavy atom. The molecule has 0 bridgehead atoms. The number of hydrogen-bond acceptors (Lipinski definition) is 3. The summed E-state index contributed by atoms with van der Waals surface area (Å²) in [5, 5.41) is 0. The molecule has 1 unspecified atom stereocenters. The third kappa shape index (κ3) is 5.57. The Hall–Kier alpha value is -1.74. The SMILES string of the molecule is C=CC(C)(CCC=C(C)C)OCc1ccc(OC)c(OC)c1. The molecule has 3 nitrogen and oxygen atoms in total. The predicted octanol–water partition coefficient (Wildman–Crippen LogP) is 4.91. The molecule has 1 aromatic carbocycles. The van der Waals surface area contributed by atoms with Crippen molar-refractivity contribution in [3.05, 3.63) is 48.1 Å². The highest BCUT2D eigenvalue weighted by Gasteiger charge is 2.20. The maximum absolute atomic E-state index is 6.08. The van der Waals surface area contributed by atoms with Crippen molar-refractivity contribution in [3.8, 4) is 11.5 Å². The van der Waals surface area contributed by atoms with Gasteiger partial charge >= 0.3 is 0 Å². The molecule has 3 heteroatoms. The van der Waals surface area contributed by atoms with Crippen LogP contribution in [0.1, 0.15) is 39.2 Å². The average Bonchev–Trinajstić information content (AvgIpc) is 2.52. The van der Waals surface area contributed by atoms with E-state index in [2.05, 4.69) is 33.4 Å². The standard InChI is InChI=1S/C19H28O3/c1-7-19(4,12-8-9-15(2)3)22-14-16-10-11-17(20-5)18(13-16)21-6/h7,9-11,13H,1,8,12,14H2,2-6H3. The largest absolute Gasteiger partial charge is 0.493 e. The second-order valence-electron chi connectivity index (χ2n) is 5.81. The van der Waals surface area contributed by atoms with Crippen LogP contribution < -0.4 is 9.47 Å². The minimum absolute atomic E-state index is 0.334. The van der Waals surface area contributed by atoms with Crippen molar-refractivity contribution in [1.82, 2.24) is 0 Å². The van der Waals surface area contributed by atoms with Gasteiger partial charge in [0.15, 0.2) is 11.5 Å². The van der Waals surface area contributed by atoms with Crippen LogP contribution in [0.5, 0.6) is 11.5 Å². The van der Waals surface area contributed by atoms with E-state index in [1.54, 1.807) is 14.2 Å². The summed E-state index contributed by atoms with van der Waals surface area (Å²) in [5.74, 6) is 1.44. The van der Waals surface area contributed by atoms with Crippen LogP contribution >= 0.6 is 0 Å². The zero-order valence-corrected chi connectivity index (χ0v) is 14.4. The molecule has 0 aliphatic rings. The highest BCUT2D eigenvalue weighted by Crippen LogP contribution is 2.29. The summed E-state index contributed by atoms with van der Waals surface area (Å²) >= 11 is 0. The molecule has 0 aliphatic heterocycles. The van der Waals surface area contributed by atoms with Crippen molar-refractivity contribution >= 4 is 0 Å². The lowest BCUT2D eigenvalue weighted by Crippen LogP contribution is -2.25. The molecule has 0 saturated heterocycles. The lowest BCUT2D eigenvalue weighted by atomic mass is 9.99. The van der Waals surface area contributed by atoms with E-state index in [-0.39, 0.29) is 5.60 Å². The molecular formula is C19H28O3. The lowest BCUT2D eigenvalue weighted by molar-refractivity contribution is -0.0117. The van der Waals surface area contributed by atoms with Gasteiger partial charge in [-0.1, -0.05) is 23.8 Å². The van der Waals surface area contributed by atoms with E-state index < -0.39 is 0 Å². The number of allylic oxidation sites excluding steroid dienone is 2. The average molecular weight is 304 g/mol. The normalized spacial score (nSPS) is 13.1. The van der Waals surface area contributed by atoms with Gasteiger partial charge in [0.1, 0.15) is 0 Å². The molecule has 1 atom stereocenters. The molecule has 0 radical (unpaired) electrons. The molecule has 0 fully saturated rings. The zero-order chi connectivity index (χ0) is 16.6. The third-order valence-electron chi connectivity index (χ3n) is 3.64. The number of benzene rings is 1. The Balaban J connectivity index is 2.69. The molecule has 1 aromatic rings. The molecule has 122 valence electrons. The highest BCUT2D eigenvalue weighted by atomic mass is 16.5. The van der Waals surface area contributed by atoms with E-state index in [0.717, 1.165) is 24.2 Å². The Labute approximate surface area is 134 Å². The molecule has 1 rings (SSSR count). The molecule has 0 N–H and O–H groups in total. The molecule has 0 amide bonds. The number of methoxy groups -OCH3 is 2. The number of ether oxygens (including phenoxy) is 3. The predicted molar refractivity (Wildman–Crippen MR) is 91.6 cm³/mol. The second-order valence-corrected chi connectivity index (χ2v) is 5.81. The van der Waals surface area contributed by atoms with E-state index >= 15 is 0 Å². The Bertz CT molecular complexity index is 515. The summed E-state index contributed by atoms with van der Waals surface area (Å²) in [4.78, 5) is 0. The van der Waals surface area contributed by atoms with Crippen molar-refractivity contribution in [3.63, 3.8) is 0 Å². The van der Waals surface area contributed by atoms with Gasteiger partial charge in [-0.15, -0.1) is 6.58 Å². The van der Waals surface area contributed by atoms with Crippen LogP contribution in [-0.4, -0.2) is 19.8 Å². The van der Waals surface area contributed by atoms with Gasteiger partial charge in [-0.3, -0.25) is 0 Å². The molecule has 0 aliphatic carbocycles. The Morgan fingerprint density at radius 2 is 1.86 bits per heavy atom. The van der Waals surface area contributed by atoms with Gasteiger partial charge in [-0.2, -0.15) is 0 Å². The number of hydrogen-bond donors (Lipinski definition) is 0. The Kier molecular flexibility index (Phi) is 7.19. The molecule has 0 spiro atoms. The quantitative estimate of drug-likeness (QED) is 0.607. The van der Waals surface area contributed by atoms with Crippen LogP contribution in [0.3, 0.4) is 0 Å². The first kappa shape index (κ1) is 18.3. The highest BCUT2D eigenvalue weighted by molar-refractivity contribution is 5.42. The fraction of sp³-hybridized carbons (Fsp3) is 0.474. The van der Waals surface area contributed by atoms with Gasteiger partial charge in [0.05, 0.1) is 26.4 Å². The van der Waals surface area contributed by atoms with Crippen molar-refractivity contribution in [2.45, 2.75) is 45.8 Å². The summed E-state index contributed by atoms with van der Waals surface area (Å²) in [6.07, 6.45) is 6.00. The van der Waals surface area contributed by atoms with Gasteiger partial charge in [-0.25, -0.2) is 0 Å². The van der Waals surface area contributed by atoms with Gasteiger partial charge in [-0.05, 0) is 51.3 Å². The maximum atomic E-state index is 6.08. The van der Waals surface area contributed by atoms with Crippen LogP contribution in [0.4, 0.5) is 0 Å². The first-order chi connectivity index (χ1) is 10.4. The summed E-state index contributed by atoms with van der Waals surface area (Å²) < 4.78 is 16.6. The van der Waals surface area contributed by atoms with Crippen molar-refractivity contribution < 1.29 is 14.2 Å². The smallest absolute Gasteiger partial charge is 0.161 e. The minimum atomic E-state index is -0.334. The van der Waals surface area contributed by atoms with E-state index in [1.807, 2.05) is 24.3 Å². The van der Waals surface area contributed by atoms with E-state index in [9.17, 15) is 0 Å². The summed E-state index contributed by atoms with van der Waals surface area (Å²) in [7, 11) is 3.27. The summed E-state index contributed by atoms with van der Waals surface area (Å²) in [6.45, 7) is 10.7. The van der Waals surface area contributed by atoms with E-state index in [1.165, 1.54) is 5.57 Å². The van der Waals surface area contributed by atoms with Gasteiger partial charge in [0.25, 0.3) is 0 Å². The van der Waals surface area contributed by atoms with Gasteiger partial charge in [0, 0.05) is 0 Å². The van der Waals surface area contributed by atoms with Crippen LogP contribution in [0.25, 0.3) is 0 Å². The van der Waals surface area contributed by atoms with Crippen LogP contribution in [-0.2, 0) is 11.3 Å². The van der Waals surface area contributed by atoms with Gasteiger partial charge in [0.2, 0.25) is 0 Å². The Morgan fingerprint density at radius 1 is 1.18 bits per heavy atom. The van der Waals surface area contributed by atoms with Crippen LogP contribution in [0.2, 0.25) is 0 Å². The lowest BCUT2D eigenvalue weighted by Gasteiger charge is -2.26. The van der Waals surface area contributed by atoms with Crippen LogP contribution in [0.15, 0.2) is 42.5 Å². The first-order valence-electron chi connectivity index (χ1n) is 7.56. The topological polar surface area (TPSA) is 27.7 Å². The number of rotatable bonds is 9. The molecule has 22 heavy (non-hydrogen) atoms. The van der Waals surface area contributed by atoms with E-state index in [4.69, 9.17) is 14.2 Å². The fourth-order valence-corrected chi connectivity index (χ4v) is 2.10. The minimum Gasteiger partial charge on any atom is -0.493 e. The zero-order valence-electron chi connectivity index (χ0n) is 14.4. The van der Waals surface area contributed by atoms with Crippen molar-refractivity contribution in [2.24, 2.45) is 0 Å². The molecule has 0 heterocycles. The third-order valence-corrected chi connectivity index (χ3v) is 3.64. The van der Waals surface area contributed by atoms with Crippen molar-refractivity contribution in [1.29, 1.82) is 0 Å². The second kappa shape index (κ2) is 8.64.